The Labute approximate surface area is 95.8 Å². The number of rotatable bonds is 2. The summed E-state index contributed by atoms with van der Waals surface area (Å²) in [4.78, 5) is 10.9. The van der Waals surface area contributed by atoms with Crippen LogP contribution in [0.4, 0.5) is 5.95 Å². The minimum Gasteiger partial charge on any atom is -0.347 e. The van der Waals surface area contributed by atoms with Gasteiger partial charge in [0, 0.05) is 19.7 Å². The van der Waals surface area contributed by atoms with E-state index < -0.39 is 0 Å². The number of nitrogens with zero attached hydrogens (tertiary/aromatic N) is 3. The van der Waals surface area contributed by atoms with Gasteiger partial charge in [-0.1, -0.05) is 24.8 Å². The molecule has 82 valence electrons. The van der Waals surface area contributed by atoms with E-state index in [1.807, 2.05) is 50.2 Å². The van der Waals surface area contributed by atoms with Gasteiger partial charge in [0.25, 0.3) is 0 Å². The summed E-state index contributed by atoms with van der Waals surface area (Å²) in [6.45, 7) is 5.96. The molecule has 0 atom stereocenters. The van der Waals surface area contributed by atoms with Gasteiger partial charge in [-0.15, -0.1) is 0 Å². The normalized spacial score (nSPS) is 10.4. The monoisotopic (exact) mass is 213 g/mol. The van der Waals surface area contributed by atoms with Crippen molar-refractivity contribution < 1.29 is 0 Å². The number of anilines is 1. The van der Waals surface area contributed by atoms with Crippen molar-refractivity contribution in [1.82, 2.24) is 9.97 Å². The first-order valence-electron chi connectivity index (χ1n) is 5.19. The predicted molar refractivity (Wildman–Crippen MR) is 67.7 cm³/mol. The number of hydrogen-bond acceptors (Lipinski definition) is 3. The van der Waals surface area contributed by atoms with Crippen LogP contribution in [0.2, 0.25) is 0 Å². The first-order valence-corrected chi connectivity index (χ1v) is 5.19. The molecule has 0 saturated carbocycles. The highest BCUT2D eigenvalue weighted by molar-refractivity contribution is 5.77. The Kier molecular flexibility index (Phi) is 2.60. The number of aromatic nitrogens is 2. The molecule has 0 radical (unpaired) electrons. The van der Waals surface area contributed by atoms with E-state index in [1.54, 1.807) is 0 Å². The average molecular weight is 213 g/mol. The van der Waals surface area contributed by atoms with E-state index >= 15 is 0 Å². The van der Waals surface area contributed by atoms with Crippen LogP contribution in [-0.4, -0.2) is 24.1 Å². The summed E-state index contributed by atoms with van der Waals surface area (Å²) in [6, 6.07) is 7.96. The van der Waals surface area contributed by atoms with Gasteiger partial charge in [0.15, 0.2) is 0 Å². The lowest BCUT2D eigenvalue weighted by Gasteiger charge is -2.04. The molecule has 1 aliphatic heterocycles. The first kappa shape index (κ1) is 10.6. The van der Waals surface area contributed by atoms with Crippen LogP contribution in [-0.2, 0) is 0 Å². The van der Waals surface area contributed by atoms with Gasteiger partial charge in [0.1, 0.15) is 5.69 Å². The third-order valence-corrected chi connectivity index (χ3v) is 2.42. The molecule has 0 fully saturated rings. The van der Waals surface area contributed by atoms with E-state index in [-0.39, 0.29) is 0 Å². The summed E-state index contributed by atoms with van der Waals surface area (Å²) in [6.07, 6.45) is 0. The lowest BCUT2D eigenvalue weighted by Crippen LogP contribution is -2.09. The Morgan fingerprint density at radius 2 is 1.88 bits per heavy atom. The molecule has 0 aromatic heterocycles. The van der Waals surface area contributed by atoms with Crippen LogP contribution in [0, 0.1) is 0 Å². The number of hydrogen-bond donors (Lipinski definition) is 0. The van der Waals surface area contributed by atoms with Gasteiger partial charge in [-0.05, 0) is 18.6 Å². The molecule has 3 nitrogen and oxygen atoms in total. The van der Waals surface area contributed by atoms with Crippen molar-refractivity contribution in [2.45, 2.75) is 6.92 Å². The second-order valence-electron chi connectivity index (χ2n) is 4.06. The third kappa shape index (κ3) is 1.76. The van der Waals surface area contributed by atoms with Gasteiger partial charge in [-0.25, -0.2) is 9.97 Å². The topological polar surface area (TPSA) is 29.0 Å². The molecule has 0 bridgehead atoms. The fourth-order valence-corrected chi connectivity index (χ4v) is 1.58. The maximum absolute atomic E-state index is 4.53. The highest BCUT2D eigenvalue weighted by Crippen LogP contribution is 2.28. The quantitative estimate of drug-likeness (QED) is 0.768. The van der Waals surface area contributed by atoms with E-state index in [0.29, 0.717) is 0 Å². The summed E-state index contributed by atoms with van der Waals surface area (Å²) >= 11 is 0. The van der Waals surface area contributed by atoms with E-state index in [1.165, 1.54) is 0 Å². The second kappa shape index (κ2) is 3.93. The number of fused-ring (bicyclic) bond motifs is 1. The Bertz CT molecular complexity index is 503. The van der Waals surface area contributed by atoms with Gasteiger partial charge in [-0.2, -0.15) is 0 Å². The van der Waals surface area contributed by atoms with E-state index in [2.05, 4.69) is 16.5 Å². The highest BCUT2D eigenvalue weighted by Gasteiger charge is 2.14. The van der Waals surface area contributed by atoms with Crippen LogP contribution in [0.1, 0.15) is 12.5 Å². The maximum Gasteiger partial charge on any atom is 0.226 e. The van der Waals surface area contributed by atoms with E-state index in [4.69, 9.17) is 0 Å². The molecule has 2 aliphatic rings. The molecule has 0 aromatic rings. The predicted octanol–water partition coefficient (Wildman–Crippen LogP) is 2.68. The Morgan fingerprint density at radius 1 is 1.19 bits per heavy atom. The highest BCUT2D eigenvalue weighted by atomic mass is 15.2. The SMILES string of the molecule is C=C(C)c1ccccc2nc(N(C)C)nc1-2. The van der Waals surface area contributed by atoms with Crippen LogP contribution in [0.25, 0.3) is 17.0 Å². The Morgan fingerprint density at radius 3 is 2.50 bits per heavy atom. The van der Waals surface area contributed by atoms with Crippen molar-refractivity contribution in [1.29, 1.82) is 0 Å². The van der Waals surface area contributed by atoms with Crippen LogP contribution in [0.3, 0.4) is 0 Å². The molecule has 0 amide bonds. The third-order valence-electron chi connectivity index (χ3n) is 2.42. The summed E-state index contributed by atoms with van der Waals surface area (Å²) in [5.41, 5.74) is 3.89. The standard InChI is InChI=1S/C13H15N3/c1-9(2)10-7-5-6-8-11-12(10)15-13(14-11)16(3)4/h5-8H,1H2,2-4H3. The lowest BCUT2D eigenvalue weighted by atomic mass is 10.1. The zero-order chi connectivity index (χ0) is 11.7. The Balaban J connectivity index is 2.69. The molecule has 1 heterocycles. The first-order chi connectivity index (χ1) is 7.59. The fraction of sp³-hybridized carbons (Fsp3) is 0.231. The molecule has 0 aromatic carbocycles. The van der Waals surface area contributed by atoms with Crippen LogP contribution in [0.15, 0.2) is 30.8 Å². The summed E-state index contributed by atoms with van der Waals surface area (Å²) in [5, 5.41) is 0. The zero-order valence-corrected chi connectivity index (χ0v) is 9.86. The molecule has 0 N–H and O–H groups in total. The van der Waals surface area contributed by atoms with Gasteiger partial charge < -0.3 is 4.90 Å². The number of imidazole rings is 1. The Hall–Kier alpha value is -1.90. The van der Waals surface area contributed by atoms with Gasteiger partial charge in [0.2, 0.25) is 5.95 Å². The molecular formula is C13H15N3. The average Bonchev–Trinajstić information content (AvgIpc) is 2.52. The largest absolute Gasteiger partial charge is 0.347 e. The second-order valence-corrected chi connectivity index (χ2v) is 4.06. The minimum atomic E-state index is 0.740. The number of allylic oxidation sites excluding steroid dienone is 1. The van der Waals surface area contributed by atoms with Crippen molar-refractivity contribution in [3.8, 4) is 11.4 Å². The van der Waals surface area contributed by atoms with Crippen molar-refractivity contribution >= 4 is 11.5 Å². The summed E-state index contributed by atoms with van der Waals surface area (Å²) in [7, 11) is 3.88. The maximum atomic E-state index is 4.53. The van der Waals surface area contributed by atoms with Gasteiger partial charge in [-0.3, -0.25) is 0 Å². The molecule has 2 rings (SSSR count). The molecule has 0 unspecified atom stereocenters. The van der Waals surface area contributed by atoms with Crippen molar-refractivity contribution in [3.05, 3.63) is 36.4 Å². The molecule has 3 heteroatoms. The molecule has 0 saturated heterocycles. The summed E-state index contributed by atoms with van der Waals surface area (Å²) < 4.78 is 0. The van der Waals surface area contributed by atoms with Crippen molar-refractivity contribution in [2.24, 2.45) is 0 Å². The minimum absolute atomic E-state index is 0.740. The molecule has 0 spiro atoms. The van der Waals surface area contributed by atoms with Crippen molar-refractivity contribution in [2.75, 3.05) is 19.0 Å². The smallest absolute Gasteiger partial charge is 0.226 e. The molecule has 16 heavy (non-hydrogen) atoms. The molecule has 1 aliphatic carbocycles. The van der Waals surface area contributed by atoms with Crippen molar-refractivity contribution in [3.63, 3.8) is 0 Å². The zero-order valence-electron chi connectivity index (χ0n) is 9.86. The van der Waals surface area contributed by atoms with Gasteiger partial charge in [0.05, 0.1) is 5.69 Å². The van der Waals surface area contributed by atoms with Crippen LogP contribution >= 0.6 is 0 Å². The van der Waals surface area contributed by atoms with E-state index in [9.17, 15) is 0 Å². The molecular weight excluding hydrogens is 198 g/mol. The van der Waals surface area contributed by atoms with Crippen LogP contribution in [0.5, 0.6) is 0 Å². The lowest BCUT2D eigenvalue weighted by molar-refractivity contribution is 1.04. The van der Waals surface area contributed by atoms with Crippen LogP contribution < -0.4 is 4.90 Å². The van der Waals surface area contributed by atoms with Gasteiger partial charge >= 0.3 is 0 Å². The summed E-state index contributed by atoms with van der Waals surface area (Å²) in [5.74, 6) is 0.740. The van der Waals surface area contributed by atoms with E-state index in [0.717, 1.165) is 28.5 Å². The fourth-order valence-electron chi connectivity index (χ4n) is 1.58.